The number of nitrogens with two attached hydrogens (primary N) is 1. The van der Waals surface area contributed by atoms with E-state index in [1.165, 1.54) is 0 Å². The SMILES string of the molecule is CC(C)COCCCN=C(N)Nc1ccc2c(c1)OCCCO2. The molecule has 2 rings (SSSR count). The molecule has 0 unspecified atom stereocenters. The molecule has 0 amide bonds. The van der Waals surface area contributed by atoms with Crippen molar-refractivity contribution in [3.63, 3.8) is 0 Å². The van der Waals surface area contributed by atoms with E-state index in [1.807, 2.05) is 18.2 Å². The number of hydrogen-bond acceptors (Lipinski definition) is 4. The minimum atomic E-state index is 0.392. The van der Waals surface area contributed by atoms with Gasteiger partial charge in [-0.05, 0) is 24.5 Å². The van der Waals surface area contributed by atoms with Crippen molar-refractivity contribution in [2.75, 3.05) is 38.3 Å². The highest BCUT2D eigenvalue weighted by Gasteiger charge is 2.10. The summed E-state index contributed by atoms with van der Waals surface area (Å²) in [6, 6.07) is 5.67. The average molecular weight is 321 g/mol. The first-order valence-corrected chi connectivity index (χ1v) is 8.19. The molecule has 23 heavy (non-hydrogen) atoms. The fourth-order valence-electron chi connectivity index (χ4n) is 2.11. The van der Waals surface area contributed by atoms with Crippen LogP contribution in [-0.4, -0.2) is 38.9 Å². The van der Waals surface area contributed by atoms with Gasteiger partial charge in [-0.25, -0.2) is 0 Å². The zero-order valence-electron chi connectivity index (χ0n) is 14.0. The van der Waals surface area contributed by atoms with Gasteiger partial charge in [0.25, 0.3) is 0 Å². The lowest BCUT2D eigenvalue weighted by Crippen LogP contribution is -2.23. The molecule has 0 aliphatic carbocycles. The standard InChI is InChI=1S/C17H27N3O3/c1-13(2)12-21-8-3-7-19-17(18)20-14-5-6-15-16(11-14)23-10-4-9-22-15/h5-6,11,13H,3-4,7-10,12H2,1-2H3,(H3,18,19,20). The van der Waals surface area contributed by atoms with Crippen LogP contribution < -0.4 is 20.5 Å². The maximum absolute atomic E-state index is 5.90. The van der Waals surface area contributed by atoms with Gasteiger partial charge in [0, 0.05) is 37.9 Å². The molecule has 0 saturated heterocycles. The lowest BCUT2D eigenvalue weighted by molar-refractivity contribution is 0.109. The van der Waals surface area contributed by atoms with Crippen LogP contribution in [0, 0.1) is 5.92 Å². The molecular formula is C17H27N3O3. The third-order valence-electron chi connectivity index (χ3n) is 3.20. The smallest absolute Gasteiger partial charge is 0.193 e. The first kappa shape index (κ1) is 17.4. The van der Waals surface area contributed by atoms with Gasteiger partial charge >= 0.3 is 0 Å². The Kier molecular flexibility index (Phi) is 7.00. The topological polar surface area (TPSA) is 78.1 Å². The Balaban J connectivity index is 1.77. The van der Waals surface area contributed by atoms with Crippen LogP contribution in [0.15, 0.2) is 23.2 Å². The van der Waals surface area contributed by atoms with Gasteiger partial charge in [-0.1, -0.05) is 13.8 Å². The number of ether oxygens (including phenoxy) is 3. The second kappa shape index (κ2) is 9.25. The van der Waals surface area contributed by atoms with Gasteiger partial charge in [-0.3, -0.25) is 4.99 Å². The Labute approximate surface area is 138 Å². The molecule has 1 heterocycles. The van der Waals surface area contributed by atoms with Crippen LogP contribution in [0.25, 0.3) is 0 Å². The van der Waals surface area contributed by atoms with Crippen LogP contribution in [0.5, 0.6) is 11.5 Å². The van der Waals surface area contributed by atoms with Crippen molar-refractivity contribution in [1.29, 1.82) is 0 Å². The lowest BCUT2D eigenvalue weighted by atomic mass is 10.2. The summed E-state index contributed by atoms with van der Waals surface area (Å²) in [7, 11) is 0. The maximum atomic E-state index is 5.90. The summed E-state index contributed by atoms with van der Waals surface area (Å²) in [6.07, 6.45) is 1.75. The van der Waals surface area contributed by atoms with E-state index >= 15 is 0 Å². The maximum Gasteiger partial charge on any atom is 0.193 e. The van der Waals surface area contributed by atoms with Crippen LogP contribution in [0.3, 0.4) is 0 Å². The van der Waals surface area contributed by atoms with E-state index in [9.17, 15) is 0 Å². The molecule has 0 atom stereocenters. The number of nitrogens with zero attached hydrogens (tertiary/aromatic N) is 1. The first-order valence-electron chi connectivity index (χ1n) is 8.19. The summed E-state index contributed by atoms with van der Waals surface area (Å²) in [5, 5.41) is 3.07. The van der Waals surface area contributed by atoms with Crippen LogP contribution in [0.1, 0.15) is 26.7 Å². The zero-order valence-corrected chi connectivity index (χ0v) is 14.0. The van der Waals surface area contributed by atoms with Crippen molar-refractivity contribution in [3.05, 3.63) is 18.2 Å². The number of guanidine groups is 1. The summed E-state index contributed by atoms with van der Waals surface area (Å²) >= 11 is 0. The van der Waals surface area contributed by atoms with E-state index in [1.54, 1.807) is 0 Å². The van der Waals surface area contributed by atoms with Crippen molar-refractivity contribution in [2.24, 2.45) is 16.6 Å². The number of fused-ring (bicyclic) bond motifs is 1. The molecule has 6 nitrogen and oxygen atoms in total. The lowest BCUT2D eigenvalue weighted by Gasteiger charge is -2.11. The molecule has 0 saturated carbocycles. The largest absolute Gasteiger partial charge is 0.490 e. The monoisotopic (exact) mass is 321 g/mol. The summed E-state index contributed by atoms with van der Waals surface area (Å²) in [5.41, 5.74) is 6.74. The second-order valence-electron chi connectivity index (χ2n) is 5.93. The molecule has 0 bridgehead atoms. The third-order valence-corrected chi connectivity index (χ3v) is 3.20. The van der Waals surface area contributed by atoms with Gasteiger partial charge in [0.15, 0.2) is 17.5 Å². The molecule has 1 aromatic rings. The Hall–Kier alpha value is -1.95. The van der Waals surface area contributed by atoms with Crippen LogP contribution in [0.2, 0.25) is 0 Å². The fraction of sp³-hybridized carbons (Fsp3) is 0.588. The van der Waals surface area contributed by atoms with E-state index in [4.69, 9.17) is 19.9 Å². The number of rotatable bonds is 7. The number of anilines is 1. The molecule has 128 valence electrons. The molecule has 1 aliphatic rings. The van der Waals surface area contributed by atoms with Gasteiger partial charge in [0.1, 0.15) is 0 Å². The van der Waals surface area contributed by atoms with E-state index < -0.39 is 0 Å². The zero-order chi connectivity index (χ0) is 16.5. The number of aliphatic imine (C=N–C) groups is 1. The van der Waals surface area contributed by atoms with Gasteiger partial charge in [0.05, 0.1) is 13.2 Å². The Morgan fingerprint density at radius 1 is 1.30 bits per heavy atom. The Morgan fingerprint density at radius 3 is 2.87 bits per heavy atom. The van der Waals surface area contributed by atoms with Gasteiger partial charge < -0.3 is 25.3 Å². The van der Waals surface area contributed by atoms with E-state index in [0.717, 1.165) is 36.6 Å². The summed E-state index contributed by atoms with van der Waals surface area (Å²) in [6.45, 7) is 7.75. The summed E-state index contributed by atoms with van der Waals surface area (Å²) in [5.74, 6) is 2.46. The van der Waals surface area contributed by atoms with Crippen LogP contribution >= 0.6 is 0 Å². The quantitative estimate of drug-likeness (QED) is 0.458. The fourth-order valence-corrected chi connectivity index (χ4v) is 2.11. The summed E-state index contributed by atoms with van der Waals surface area (Å²) in [4.78, 5) is 4.30. The van der Waals surface area contributed by atoms with Crippen molar-refractivity contribution >= 4 is 11.6 Å². The molecule has 0 fully saturated rings. The highest BCUT2D eigenvalue weighted by Crippen LogP contribution is 2.32. The molecule has 3 N–H and O–H groups in total. The van der Waals surface area contributed by atoms with Crippen LogP contribution in [-0.2, 0) is 4.74 Å². The van der Waals surface area contributed by atoms with E-state index in [0.29, 0.717) is 38.2 Å². The molecular weight excluding hydrogens is 294 g/mol. The average Bonchev–Trinajstić information content (AvgIpc) is 2.75. The predicted octanol–water partition coefficient (Wildman–Crippen LogP) is 2.64. The van der Waals surface area contributed by atoms with Crippen LogP contribution in [0.4, 0.5) is 5.69 Å². The minimum Gasteiger partial charge on any atom is -0.490 e. The molecule has 1 aromatic carbocycles. The van der Waals surface area contributed by atoms with Gasteiger partial charge in [0.2, 0.25) is 0 Å². The second-order valence-corrected chi connectivity index (χ2v) is 5.93. The third kappa shape index (κ3) is 6.36. The highest BCUT2D eigenvalue weighted by molar-refractivity contribution is 5.92. The number of hydrogen-bond donors (Lipinski definition) is 2. The highest BCUT2D eigenvalue weighted by atomic mass is 16.5. The molecule has 1 aliphatic heterocycles. The Morgan fingerprint density at radius 2 is 2.09 bits per heavy atom. The predicted molar refractivity (Wildman–Crippen MR) is 92.4 cm³/mol. The summed E-state index contributed by atoms with van der Waals surface area (Å²) < 4.78 is 16.8. The minimum absolute atomic E-state index is 0.392. The van der Waals surface area contributed by atoms with Gasteiger partial charge in [-0.15, -0.1) is 0 Å². The normalized spacial score (nSPS) is 14.7. The Bertz CT molecular complexity index is 518. The van der Waals surface area contributed by atoms with Crippen molar-refractivity contribution < 1.29 is 14.2 Å². The van der Waals surface area contributed by atoms with E-state index in [-0.39, 0.29) is 0 Å². The number of benzene rings is 1. The molecule has 0 radical (unpaired) electrons. The van der Waals surface area contributed by atoms with Crippen molar-refractivity contribution in [3.8, 4) is 11.5 Å². The molecule has 6 heteroatoms. The van der Waals surface area contributed by atoms with Crippen molar-refractivity contribution in [2.45, 2.75) is 26.7 Å². The number of nitrogens with one attached hydrogen (secondary N) is 1. The first-order chi connectivity index (χ1) is 11.1. The van der Waals surface area contributed by atoms with E-state index in [2.05, 4.69) is 24.2 Å². The van der Waals surface area contributed by atoms with Gasteiger partial charge in [-0.2, -0.15) is 0 Å². The molecule has 0 aromatic heterocycles. The molecule has 0 spiro atoms. The van der Waals surface area contributed by atoms with Crippen molar-refractivity contribution in [1.82, 2.24) is 0 Å².